The van der Waals surface area contributed by atoms with Gasteiger partial charge in [0.05, 0.1) is 6.54 Å². The van der Waals surface area contributed by atoms with Crippen molar-refractivity contribution < 1.29 is 8.78 Å². The Morgan fingerprint density at radius 1 is 1.50 bits per heavy atom. The molecule has 1 heterocycles. The van der Waals surface area contributed by atoms with Crippen molar-refractivity contribution in [2.24, 2.45) is 5.92 Å². The maximum Gasteiger partial charge on any atom is 0.269 e. The second-order valence-electron chi connectivity index (χ2n) is 3.65. The summed E-state index contributed by atoms with van der Waals surface area (Å²) in [5.74, 6) is -3.13. The minimum atomic E-state index is -2.56. The summed E-state index contributed by atoms with van der Waals surface area (Å²) in [6.07, 6.45) is 0. The first kappa shape index (κ1) is 9.49. The van der Waals surface area contributed by atoms with E-state index in [0.717, 1.165) is 5.70 Å². The van der Waals surface area contributed by atoms with E-state index in [2.05, 4.69) is 6.58 Å². The van der Waals surface area contributed by atoms with Gasteiger partial charge in [-0.3, -0.25) is 0 Å². The zero-order valence-corrected chi connectivity index (χ0v) is 7.77. The Bertz CT molecular complexity index is 201. The highest BCUT2D eigenvalue weighted by Crippen LogP contribution is 2.38. The van der Waals surface area contributed by atoms with Gasteiger partial charge in [0.25, 0.3) is 5.92 Å². The van der Waals surface area contributed by atoms with Crippen LogP contribution in [0.3, 0.4) is 0 Å². The fourth-order valence-corrected chi connectivity index (χ4v) is 1.62. The molecular formula is C9H15F2N. The summed E-state index contributed by atoms with van der Waals surface area (Å²) in [6, 6.07) is -0.0995. The summed E-state index contributed by atoms with van der Waals surface area (Å²) in [7, 11) is 0. The molecule has 0 radical (unpaired) electrons. The molecule has 1 aliphatic heterocycles. The van der Waals surface area contributed by atoms with Crippen molar-refractivity contribution in [3.05, 3.63) is 12.3 Å². The van der Waals surface area contributed by atoms with Gasteiger partial charge < -0.3 is 4.90 Å². The van der Waals surface area contributed by atoms with Crippen LogP contribution in [0.5, 0.6) is 0 Å². The molecular weight excluding hydrogens is 160 g/mol. The van der Waals surface area contributed by atoms with E-state index < -0.39 is 11.8 Å². The highest BCUT2D eigenvalue weighted by atomic mass is 19.3. The second kappa shape index (κ2) is 2.71. The van der Waals surface area contributed by atoms with Gasteiger partial charge in [-0.15, -0.1) is 0 Å². The van der Waals surface area contributed by atoms with Gasteiger partial charge in [0.1, 0.15) is 0 Å². The maximum absolute atomic E-state index is 13.1. The number of alkyl halides is 2. The summed E-state index contributed by atoms with van der Waals surface area (Å²) in [5.41, 5.74) is 0.728. The average Bonchev–Trinajstić information content (AvgIpc) is 2.14. The normalized spacial score (nSPS) is 33.9. The number of rotatable bonds is 1. The highest BCUT2D eigenvalue weighted by molar-refractivity contribution is 5.03. The molecule has 3 heteroatoms. The number of hydrogen-bond acceptors (Lipinski definition) is 1. The van der Waals surface area contributed by atoms with Gasteiger partial charge in [-0.05, 0) is 13.8 Å². The van der Waals surface area contributed by atoms with E-state index in [1.54, 1.807) is 18.7 Å². The quantitative estimate of drug-likeness (QED) is 0.591. The van der Waals surface area contributed by atoms with Crippen molar-refractivity contribution in [3.63, 3.8) is 0 Å². The predicted molar refractivity (Wildman–Crippen MR) is 45.1 cm³/mol. The molecule has 1 saturated heterocycles. The molecule has 2 atom stereocenters. The lowest BCUT2D eigenvalue weighted by Gasteiger charge is -2.23. The van der Waals surface area contributed by atoms with Crippen LogP contribution in [0.15, 0.2) is 12.3 Å². The van der Waals surface area contributed by atoms with E-state index in [4.69, 9.17) is 0 Å². The fourth-order valence-electron chi connectivity index (χ4n) is 1.62. The molecule has 0 aliphatic carbocycles. The van der Waals surface area contributed by atoms with E-state index in [-0.39, 0.29) is 12.6 Å². The van der Waals surface area contributed by atoms with Gasteiger partial charge in [-0.1, -0.05) is 13.5 Å². The van der Waals surface area contributed by atoms with Crippen molar-refractivity contribution >= 4 is 0 Å². The Kier molecular flexibility index (Phi) is 2.15. The van der Waals surface area contributed by atoms with Gasteiger partial charge in [-0.25, -0.2) is 8.78 Å². The Balaban J connectivity index is 2.81. The van der Waals surface area contributed by atoms with Crippen LogP contribution < -0.4 is 0 Å². The molecule has 0 aromatic carbocycles. The van der Waals surface area contributed by atoms with Gasteiger partial charge in [0.15, 0.2) is 0 Å². The van der Waals surface area contributed by atoms with Crippen LogP contribution in [0.25, 0.3) is 0 Å². The van der Waals surface area contributed by atoms with Crippen LogP contribution in [0.2, 0.25) is 0 Å². The molecule has 0 N–H and O–H groups in total. The average molecular weight is 175 g/mol. The Morgan fingerprint density at radius 2 is 2.00 bits per heavy atom. The van der Waals surface area contributed by atoms with Crippen molar-refractivity contribution in [1.29, 1.82) is 0 Å². The largest absolute Gasteiger partial charge is 0.366 e. The highest BCUT2D eigenvalue weighted by Gasteiger charge is 2.49. The minimum Gasteiger partial charge on any atom is -0.366 e. The molecule has 1 nitrogen and oxygen atoms in total. The fraction of sp³-hybridized carbons (Fsp3) is 0.778. The van der Waals surface area contributed by atoms with E-state index >= 15 is 0 Å². The van der Waals surface area contributed by atoms with Gasteiger partial charge in [0, 0.05) is 17.7 Å². The Morgan fingerprint density at radius 3 is 2.17 bits per heavy atom. The first-order valence-corrected chi connectivity index (χ1v) is 4.16. The number of allylic oxidation sites excluding steroid dienone is 1. The number of hydrogen-bond donors (Lipinski definition) is 0. The van der Waals surface area contributed by atoms with E-state index in [9.17, 15) is 8.78 Å². The summed E-state index contributed by atoms with van der Waals surface area (Å²) < 4.78 is 26.2. The van der Waals surface area contributed by atoms with E-state index in [0.29, 0.717) is 0 Å². The third-order valence-electron chi connectivity index (χ3n) is 2.75. The lowest BCUT2D eigenvalue weighted by atomic mass is 10.0. The molecule has 70 valence electrons. The van der Waals surface area contributed by atoms with Crippen LogP contribution in [-0.4, -0.2) is 23.4 Å². The van der Waals surface area contributed by atoms with Crippen molar-refractivity contribution in [3.8, 4) is 0 Å². The summed E-state index contributed by atoms with van der Waals surface area (Å²) in [6.45, 7) is 8.68. The van der Waals surface area contributed by atoms with Gasteiger partial charge in [0.2, 0.25) is 0 Å². The maximum atomic E-state index is 13.1. The van der Waals surface area contributed by atoms with Gasteiger partial charge >= 0.3 is 0 Å². The molecule has 1 fully saturated rings. The first-order valence-electron chi connectivity index (χ1n) is 4.16. The molecule has 2 unspecified atom stereocenters. The van der Waals surface area contributed by atoms with Crippen molar-refractivity contribution in [2.45, 2.75) is 32.7 Å². The van der Waals surface area contributed by atoms with Crippen LogP contribution in [0, 0.1) is 5.92 Å². The molecule has 1 aliphatic rings. The molecule has 12 heavy (non-hydrogen) atoms. The first-order chi connectivity index (χ1) is 5.36. The number of nitrogens with zero attached hydrogens (tertiary/aromatic N) is 1. The summed E-state index contributed by atoms with van der Waals surface area (Å²) >= 11 is 0. The molecule has 0 aromatic rings. The monoisotopic (exact) mass is 175 g/mol. The lowest BCUT2D eigenvalue weighted by Crippen LogP contribution is -2.26. The van der Waals surface area contributed by atoms with Gasteiger partial charge in [-0.2, -0.15) is 0 Å². The lowest BCUT2D eigenvalue weighted by molar-refractivity contribution is -0.0222. The van der Waals surface area contributed by atoms with E-state index in [1.807, 2.05) is 6.92 Å². The zero-order chi connectivity index (χ0) is 9.52. The minimum absolute atomic E-state index is 0.0995. The SMILES string of the molecule is C=C(C)N1CC(F)(F)C(C)C1C. The van der Waals surface area contributed by atoms with Crippen LogP contribution in [0.4, 0.5) is 8.78 Å². The van der Waals surface area contributed by atoms with Crippen LogP contribution >= 0.6 is 0 Å². The smallest absolute Gasteiger partial charge is 0.269 e. The Labute approximate surface area is 72.1 Å². The standard InChI is InChI=1S/C9H15F2N/c1-6(2)12-5-9(10,11)7(3)8(12)4/h7-8H,1,5H2,2-4H3. The van der Waals surface area contributed by atoms with Crippen molar-refractivity contribution in [1.82, 2.24) is 4.90 Å². The molecule has 0 amide bonds. The molecule has 0 aromatic heterocycles. The second-order valence-corrected chi connectivity index (χ2v) is 3.65. The van der Waals surface area contributed by atoms with Crippen LogP contribution in [-0.2, 0) is 0 Å². The number of likely N-dealkylation sites (tertiary alicyclic amines) is 1. The Hall–Kier alpha value is -0.600. The van der Waals surface area contributed by atoms with Crippen LogP contribution in [0.1, 0.15) is 20.8 Å². The molecule has 0 saturated carbocycles. The summed E-state index contributed by atoms with van der Waals surface area (Å²) in [4.78, 5) is 1.67. The third-order valence-corrected chi connectivity index (χ3v) is 2.75. The van der Waals surface area contributed by atoms with Crippen molar-refractivity contribution in [2.75, 3.05) is 6.54 Å². The zero-order valence-electron chi connectivity index (χ0n) is 7.77. The predicted octanol–water partition coefficient (Wildman–Crippen LogP) is 2.50. The topological polar surface area (TPSA) is 3.24 Å². The number of halogens is 2. The summed E-state index contributed by atoms with van der Waals surface area (Å²) in [5, 5.41) is 0. The molecule has 0 spiro atoms. The molecule has 1 rings (SSSR count). The molecule has 0 bridgehead atoms. The van der Waals surface area contributed by atoms with E-state index in [1.165, 1.54) is 0 Å². The third kappa shape index (κ3) is 1.32.